The topological polar surface area (TPSA) is 81.8 Å². The highest BCUT2D eigenvalue weighted by Gasteiger charge is 2.23. The summed E-state index contributed by atoms with van der Waals surface area (Å²) in [5, 5.41) is 7.54. The maximum absolute atomic E-state index is 12.5. The molecule has 0 saturated heterocycles. The average molecular weight is 333 g/mol. The average Bonchev–Trinajstić information content (AvgIpc) is 3.06. The van der Waals surface area contributed by atoms with Gasteiger partial charge in [-0.05, 0) is 18.9 Å². The molecule has 10 heteroatoms. The van der Waals surface area contributed by atoms with Crippen LogP contribution >= 0.6 is 0 Å². The maximum Gasteiger partial charge on any atom is 0.333 e. The molecule has 0 aliphatic rings. The Kier molecular flexibility index (Phi) is 4.91. The van der Waals surface area contributed by atoms with Crippen LogP contribution in [0.5, 0.6) is 0 Å². The molecule has 22 heavy (non-hydrogen) atoms. The molecule has 0 aromatic carbocycles. The first kappa shape index (κ1) is 16.6. The molecule has 0 unspecified atom stereocenters. The molecule has 7 nitrogen and oxygen atoms in total. The van der Waals surface area contributed by atoms with E-state index in [9.17, 15) is 17.2 Å². The molecule has 2 heterocycles. The molecule has 2 rings (SSSR count). The Morgan fingerprint density at radius 2 is 2.14 bits per heavy atom. The highest BCUT2D eigenvalue weighted by molar-refractivity contribution is 7.89. The highest BCUT2D eigenvalue weighted by atomic mass is 32.2. The Labute approximate surface area is 127 Å². The Balaban J connectivity index is 2.01. The molecule has 0 aliphatic carbocycles. The third-order valence-corrected chi connectivity index (χ3v) is 4.57. The lowest BCUT2D eigenvalue weighted by molar-refractivity contribution is 0.0561. The van der Waals surface area contributed by atoms with Crippen LogP contribution in [0.2, 0.25) is 0 Å². The van der Waals surface area contributed by atoms with Crippen molar-refractivity contribution in [3.8, 4) is 0 Å². The van der Waals surface area contributed by atoms with Crippen LogP contribution in [0.15, 0.2) is 29.6 Å². The molecule has 0 saturated carbocycles. The first-order valence-electron chi connectivity index (χ1n) is 6.60. The van der Waals surface area contributed by atoms with Crippen molar-refractivity contribution < 1.29 is 17.2 Å². The number of sulfonamides is 1. The van der Waals surface area contributed by atoms with Crippen molar-refractivity contribution in [2.75, 3.05) is 6.54 Å². The lowest BCUT2D eigenvalue weighted by Gasteiger charge is -2.12. The van der Waals surface area contributed by atoms with Gasteiger partial charge in [0, 0.05) is 25.5 Å². The number of hydrogen-bond acceptors (Lipinski definition) is 4. The summed E-state index contributed by atoms with van der Waals surface area (Å²) in [6, 6.07) is 1.78. The number of hydrogen-bond donors (Lipinski definition) is 1. The van der Waals surface area contributed by atoms with E-state index in [0.29, 0.717) is 11.2 Å². The lowest BCUT2D eigenvalue weighted by atomic mass is 10.2. The zero-order valence-electron chi connectivity index (χ0n) is 12.1. The molecule has 122 valence electrons. The Morgan fingerprint density at radius 1 is 1.41 bits per heavy atom. The van der Waals surface area contributed by atoms with Gasteiger partial charge < -0.3 is 0 Å². The second-order valence-corrected chi connectivity index (χ2v) is 6.76. The molecule has 1 atom stereocenters. The number of alkyl halides is 2. The third-order valence-electron chi connectivity index (χ3n) is 3.04. The predicted molar refractivity (Wildman–Crippen MR) is 74.8 cm³/mol. The smallest absolute Gasteiger partial charge is 0.272 e. The number of aryl methyl sites for hydroxylation is 1. The summed E-state index contributed by atoms with van der Waals surface area (Å²) in [5.74, 6) is -0.0138. The van der Waals surface area contributed by atoms with Crippen molar-refractivity contribution in [3.05, 3.63) is 30.4 Å². The summed E-state index contributed by atoms with van der Waals surface area (Å²) >= 11 is 0. The zero-order valence-corrected chi connectivity index (χ0v) is 13.0. The fourth-order valence-electron chi connectivity index (χ4n) is 1.95. The summed E-state index contributed by atoms with van der Waals surface area (Å²) in [5.41, 5.74) is 0.0347. The molecule has 0 bridgehead atoms. The molecule has 0 fully saturated rings. The minimum absolute atomic E-state index is 0.0138. The molecule has 0 radical (unpaired) electrons. The van der Waals surface area contributed by atoms with Crippen molar-refractivity contribution in [2.24, 2.45) is 5.92 Å². The summed E-state index contributed by atoms with van der Waals surface area (Å²) < 4.78 is 53.9. The van der Waals surface area contributed by atoms with Gasteiger partial charge in [0.25, 0.3) is 0 Å². The minimum atomic E-state index is -3.87. The van der Waals surface area contributed by atoms with Crippen LogP contribution in [0.25, 0.3) is 0 Å². The van der Waals surface area contributed by atoms with E-state index in [1.807, 2.05) is 6.92 Å². The van der Waals surface area contributed by atoms with E-state index in [1.165, 1.54) is 6.92 Å². The third kappa shape index (κ3) is 3.89. The summed E-state index contributed by atoms with van der Waals surface area (Å²) in [6.07, 6.45) is 4.25. The highest BCUT2D eigenvalue weighted by Crippen LogP contribution is 2.17. The number of aromatic nitrogens is 4. The molecule has 0 spiro atoms. The SMILES string of the molecule is Cc1nn(C(F)F)cc1S(=O)(=O)NC[C@H](C)Cn1cccn1. The van der Waals surface area contributed by atoms with Gasteiger partial charge in [-0.25, -0.2) is 17.8 Å². The molecular weight excluding hydrogens is 316 g/mol. The van der Waals surface area contributed by atoms with Gasteiger partial charge in [-0.15, -0.1) is 0 Å². The van der Waals surface area contributed by atoms with Crippen molar-refractivity contribution in [3.63, 3.8) is 0 Å². The minimum Gasteiger partial charge on any atom is -0.272 e. The molecule has 0 aliphatic heterocycles. The van der Waals surface area contributed by atoms with Gasteiger partial charge in [-0.1, -0.05) is 6.92 Å². The molecule has 0 amide bonds. The normalized spacial score (nSPS) is 13.7. The lowest BCUT2D eigenvalue weighted by Crippen LogP contribution is -2.30. The second-order valence-electron chi connectivity index (χ2n) is 5.02. The Bertz CT molecular complexity index is 712. The van der Waals surface area contributed by atoms with Crippen molar-refractivity contribution in [1.29, 1.82) is 0 Å². The van der Waals surface area contributed by atoms with E-state index >= 15 is 0 Å². The quantitative estimate of drug-likeness (QED) is 0.830. The van der Waals surface area contributed by atoms with E-state index in [0.717, 1.165) is 6.20 Å². The molecule has 2 aromatic rings. The van der Waals surface area contributed by atoms with Crippen LogP contribution in [0.3, 0.4) is 0 Å². The van der Waals surface area contributed by atoms with Crippen LogP contribution in [0.1, 0.15) is 19.2 Å². The van der Waals surface area contributed by atoms with E-state index < -0.39 is 16.6 Å². The first-order valence-corrected chi connectivity index (χ1v) is 8.09. The predicted octanol–water partition coefficient (Wildman–Crippen LogP) is 1.40. The maximum atomic E-state index is 12.5. The van der Waals surface area contributed by atoms with E-state index in [1.54, 1.807) is 23.1 Å². The van der Waals surface area contributed by atoms with Gasteiger partial charge in [0.1, 0.15) is 4.90 Å². The van der Waals surface area contributed by atoms with Crippen LogP contribution in [0.4, 0.5) is 8.78 Å². The first-order chi connectivity index (χ1) is 10.3. The molecule has 1 N–H and O–H groups in total. The fourth-order valence-corrected chi connectivity index (χ4v) is 3.29. The van der Waals surface area contributed by atoms with E-state index in [4.69, 9.17) is 0 Å². The van der Waals surface area contributed by atoms with Gasteiger partial charge in [-0.3, -0.25) is 4.68 Å². The Hall–Kier alpha value is -1.81. The largest absolute Gasteiger partial charge is 0.333 e. The summed E-state index contributed by atoms with van der Waals surface area (Å²) in [7, 11) is -3.87. The second kappa shape index (κ2) is 6.53. The number of halogens is 2. The van der Waals surface area contributed by atoms with Crippen LogP contribution < -0.4 is 4.72 Å². The number of nitrogens with one attached hydrogen (secondary N) is 1. The van der Waals surface area contributed by atoms with Crippen LogP contribution in [0, 0.1) is 12.8 Å². The van der Waals surface area contributed by atoms with Crippen molar-refractivity contribution in [2.45, 2.75) is 31.8 Å². The standard InChI is InChI=1S/C12H17F2N5O2S/c1-9(7-18-5-3-4-15-18)6-16-22(20,21)11-8-19(12(13)14)17-10(11)2/h3-5,8-9,12,16H,6-7H2,1-2H3/t9-/m0/s1. The summed E-state index contributed by atoms with van der Waals surface area (Å²) in [6.45, 7) is 1.08. The van der Waals surface area contributed by atoms with Crippen molar-refractivity contribution >= 4 is 10.0 Å². The molecule has 2 aromatic heterocycles. The van der Waals surface area contributed by atoms with Gasteiger partial charge in [0.05, 0.1) is 11.9 Å². The Morgan fingerprint density at radius 3 is 2.68 bits per heavy atom. The van der Waals surface area contributed by atoms with Crippen LogP contribution in [-0.4, -0.2) is 34.5 Å². The van der Waals surface area contributed by atoms with Crippen molar-refractivity contribution in [1.82, 2.24) is 24.3 Å². The van der Waals surface area contributed by atoms with Gasteiger partial charge in [0.15, 0.2) is 0 Å². The molecular formula is C12H17F2N5O2S. The number of rotatable bonds is 7. The van der Waals surface area contributed by atoms with E-state index in [2.05, 4.69) is 14.9 Å². The van der Waals surface area contributed by atoms with Gasteiger partial charge in [-0.2, -0.15) is 19.0 Å². The summed E-state index contributed by atoms with van der Waals surface area (Å²) in [4.78, 5) is -0.237. The zero-order chi connectivity index (χ0) is 16.3. The van der Waals surface area contributed by atoms with Gasteiger partial charge >= 0.3 is 6.55 Å². The van der Waals surface area contributed by atoms with Gasteiger partial charge in [0.2, 0.25) is 10.0 Å². The van der Waals surface area contributed by atoms with E-state index in [-0.39, 0.29) is 23.1 Å². The number of nitrogens with zero attached hydrogens (tertiary/aromatic N) is 4. The fraction of sp³-hybridized carbons (Fsp3) is 0.500. The van der Waals surface area contributed by atoms with Crippen LogP contribution in [-0.2, 0) is 16.6 Å². The monoisotopic (exact) mass is 333 g/mol.